The second-order valence-electron chi connectivity index (χ2n) is 6.27. The van der Waals surface area contributed by atoms with Gasteiger partial charge in [-0.15, -0.1) is 0 Å². The van der Waals surface area contributed by atoms with Crippen LogP contribution in [-0.2, 0) is 12.8 Å². The van der Waals surface area contributed by atoms with E-state index in [1.807, 2.05) is 0 Å². The molecule has 1 heterocycles. The first-order valence-electron chi connectivity index (χ1n) is 8.49. The molecule has 0 atom stereocenters. The van der Waals surface area contributed by atoms with E-state index in [2.05, 4.69) is 5.16 Å². The van der Waals surface area contributed by atoms with Gasteiger partial charge in [-0.1, -0.05) is 11.2 Å². The standard InChI is InChI=1S/C19H10F8N2O3/c1-7-10(6-31-9-4-2-3-8(20)5-9)16(29-32-7)18(30)28-17-14(23)12(21)11(19(25,26)27)13(22)15(17)24/h2-5H,6H2,1H3,(H,28,30). The molecule has 13 heteroatoms. The summed E-state index contributed by atoms with van der Waals surface area (Å²) in [5, 5.41) is 4.79. The van der Waals surface area contributed by atoms with E-state index in [-0.39, 0.29) is 17.1 Å². The number of alkyl halides is 3. The molecule has 0 bridgehead atoms. The Labute approximate surface area is 173 Å². The van der Waals surface area contributed by atoms with Crippen LogP contribution in [0.5, 0.6) is 5.75 Å². The molecule has 32 heavy (non-hydrogen) atoms. The third kappa shape index (κ3) is 4.36. The van der Waals surface area contributed by atoms with Crippen LogP contribution >= 0.6 is 0 Å². The predicted molar refractivity (Wildman–Crippen MR) is 91.2 cm³/mol. The molecule has 0 saturated carbocycles. The quantitative estimate of drug-likeness (QED) is 0.397. The molecule has 1 aromatic heterocycles. The minimum Gasteiger partial charge on any atom is -0.489 e. The van der Waals surface area contributed by atoms with Gasteiger partial charge in [0.2, 0.25) is 0 Å². The maximum Gasteiger partial charge on any atom is 0.422 e. The van der Waals surface area contributed by atoms with E-state index < -0.39 is 64.7 Å². The van der Waals surface area contributed by atoms with Crippen molar-refractivity contribution in [3.05, 3.63) is 75.9 Å². The van der Waals surface area contributed by atoms with Crippen molar-refractivity contribution >= 4 is 11.6 Å². The third-order valence-corrected chi connectivity index (χ3v) is 4.16. The fourth-order valence-corrected chi connectivity index (χ4v) is 2.61. The maximum absolute atomic E-state index is 14.0. The van der Waals surface area contributed by atoms with Gasteiger partial charge in [0.15, 0.2) is 29.0 Å². The second-order valence-corrected chi connectivity index (χ2v) is 6.27. The fraction of sp³-hybridized carbons (Fsp3) is 0.158. The Hall–Kier alpha value is -3.64. The van der Waals surface area contributed by atoms with Gasteiger partial charge in [0.25, 0.3) is 5.91 Å². The van der Waals surface area contributed by atoms with Crippen LogP contribution in [-0.4, -0.2) is 11.1 Å². The number of carbonyl (C=O) groups is 1. The van der Waals surface area contributed by atoms with Crippen LogP contribution < -0.4 is 10.1 Å². The first kappa shape index (κ1) is 23.0. The van der Waals surface area contributed by atoms with Crippen molar-refractivity contribution in [2.24, 2.45) is 0 Å². The van der Waals surface area contributed by atoms with E-state index in [0.717, 1.165) is 12.1 Å². The zero-order valence-electron chi connectivity index (χ0n) is 15.7. The van der Waals surface area contributed by atoms with Gasteiger partial charge in [-0.25, -0.2) is 22.0 Å². The molecule has 0 aliphatic carbocycles. The van der Waals surface area contributed by atoms with Gasteiger partial charge < -0.3 is 14.6 Å². The fourth-order valence-electron chi connectivity index (χ4n) is 2.61. The van der Waals surface area contributed by atoms with E-state index in [4.69, 9.17) is 9.26 Å². The van der Waals surface area contributed by atoms with Gasteiger partial charge in [0.05, 0.1) is 5.56 Å². The molecule has 0 saturated heterocycles. The third-order valence-electron chi connectivity index (χ3n) is 4.16. The Bertz CT molecular complexity index is 1160. The zero-order valence-corrected chi connectivity index (χ0v) is 15.7. The lowest BCUT2D eigenvalue weighted by atomic mass is 10.1. The summed E-state index contributed by atoms with van der Waals surface area (Å²) in [6, 6.07) is 4.87. The molecule has 2 aromatic carbocycles. The molecule has 0 fully saturated rings. The normalized spacial score (nSPS) is 11.5. The van der Waals surface area contributed by atoms with Crippen LogP contribution in [0.3, 0.4) is 0 Å². The van der Waals surface area contributed by atoms with Gasteiger partial charge in [-0.2, -0.15) is 13.2 Å². The van der Waals surface area contributed by atoms with E-state index in [9.17, 15) is 39.9 Å². The van der Waals surface area contributed by atoms with Crippen LogP contribution in [0.15, 0.2) is 28.8 Å². The molecule has 0 radical (unpaired) electrons. The minimum absolute atomic E-state index is 0.00252. The number of anilines is 1. The van der Waals surface area contributed by atoms with Crippen molar-refractivity contribution in [2.75, 3.05) is 5.32 Å². The van der Waals surface area contributed by atoms with Gasteiger partial charge in [0, 0.05) is 6.07 Å². The lowest BCUT2D eigenvalue weighted by Gasteiger charge is -2.14. The number of aromatic nitrogens is 1. The highest BCUT2D eigenvalue weighted by Crippen LogP contribution is 2.38. The van der Waals surface area contributed by atoms with Crippen LogP contribution in [0, 0.1) is 36.0 Å². The summed E-state index contributed by atoms with van der Waals surface area (Å²) in [7, 11) is 0. The van der Waals surface area contributed by atoms with Crippen molar-refractivity contribution in [1.82, 2.24) is 5.16 Å². The van der Waals surface area contributed by atoms with Crippen molar-refractivity contribution < 1.29 is 49.2 Å². The second kappa shape index (κ2) is 8.48. The first-order chi connectivity index (χ1) is 14.9. The first-order valence-corrected chi connectivity index (χ1v) is 8.49. The summed E-state index contributed by atoms with van der Waals surface area (Å²) < 4.78 is 117. The number of benzene rings is 2. The smallest absolute Gasteiger partial charge is 0.422 e. The number of rotatable bonds is 5. The molecule has 3 rings (SSSR count). The number of aryl methyl sites for hydroxylation is 1. The average molecular weight is 466 g/mol. The number of halogens is 8. The SMILES string of the molecule is Cc1onc(C(=O)Nc2c(F)c(F)c(C(F)(F)F)c(F)c2F)c1COc1cccc(F)c1. The number of hydrogen-bond donors (Lipinski definition) is 1. The number of ether oxygens (including phenoxy) is 1. The molecule has 5 nitrogen and oxygen atoms in total. The lowest BCUT2D eigenvalue weighted by Crippen LogP contribution is -2.21. The van der Waals surface area contributed by atoms with Crippen LogP contribution in [0.2, 0.25) is 0 Å². The number of nitrogens with zero attached hydrogens (tertiary/aromatic N) is 1. The Balaban J connectivity index is 1.90. The highest BCUT2D eigenvalue weighted by molar-refractivity contribution is 6.04. The summed E-state index contributed by atoms with van der Waals surface area (Å²) in [6.45, 7) is 0.884. The molecule has 0 aliphatic heterocycles. The molecule has 0 aliphatic rings. The molecule has 1 amide bonds. The molecule has 3 aromatic rings. The van der Waals surface area contributed by atoms with Gasteiger partial charge >= 0.3 is 6.18 Å². The van der Waals surface area contributed by atoms with E-state index in [0.29, 0.717) is 0 Å². The van der Waals surface area contributed by atoms with Crippen molar-refractivity contribution in [3.8, 4) is 5.75 Å². The monoisotopic (exact) mass is 466 g/mol. The Kier molecular flexibility index (Phi) is 6.10. The molecular weight excluding hydrogens is 456 g/mol. The van der Waals surface area contributed by atoms with Crippen molar-refractivity contribution in [3.63, 3.8) is 0 Å². The van der Waals surface area contributed by atoms with Gasteiger partial charge in [-0.3, -0.25) is 4.79 Å². The molecule has 170 valence electrons. The van der Waals surface area contributed by atoms with Crippen LogP contribution in [0.25, 0.3) is 0 Å². The summed E-state index contributed by atoms with van der Waals surface area (Å²) in [5.41, 5.74) is -5.30. The molecule has 1 N–H and O–H groups in total. The number of nitrogens with one attached hydrogen (secondary N) is 1. The Morgan fingerprint density at radius 2 is 1.69 bits per heavy atom. The topological polar surface area (TPSA) is 64.4 Å². The van der Waals surface area contributed by atoms with Gasteiger partial charge in [-0.05, 0) is 19.1 Å². The minimum atomic E-state index is -5.73. The highest BCUT2D eigenvalue weighted by atomic mass is 19.4. The van der Waals surface area contributed by atoms with E-state index in [1.54, 1.807) is 0 Å². The Morgan fingerprint density at radius 3 is 2.25 bits per heavy atom. The molecule has 0 spiro atoms. The van der Waals surface area contributed by atoms with Crippen LogP contribution in [0.1, 0.15) is 27.4 Å². The molecule has 0 unspecified atom stereocenters. The van der Waals surface area contributed by atoms with Gasteiger partial charge in [0.1, 0.15) is 35.2 Å². The van der Waals surface area contributed by atoms with E-state index >= 15 is 0 Å². The summed E-state index contributed by atoms with van der Waals surface area (Å²) in [4.78, 5) is 12.4. The zero-order chi connectivity index (χ0) is 23.8. The van der Waals surface area contributed by atoms with Crippen molar-refractivity contribution in [2.45, 2.75) is 19.7 Å². The summed E-state index contributed by atoms with van der Waals surface area (Å²) in [6.07, 6.45) is -5.73. The van der Waals surface area contributed by atoms with E-state index in [1.165, 1.54) is 24.4 Å². The van der Waals surface area contributed by atoms with Crippen LogP contribution in [0.4, 0.5) is 40.8 Å². The number of hydrogen-bond acceptors (Lipinski definition) is 4. The maximum atomic E-state index is 14.0. The average Bonchev–Trinajstić information content (AvgIpc) is 3.07. The van der Waals surface area contributed by atoms with Crippen molar-refractivity contribution in [1.29, 1.82) is 0 Å². The highest BCUT2D eigenvalue weighted by Gasteiger charge is 2.42. The molecular formula is C19H10F8N2O3. The number of amides is 1. The Morgan fingerprint density at radius 1 is 1.06 bits per heavy atom. The summed E-state index contributed by atoms with van der Waals surface area (Å²) in [5.74, 6) is -12.5. The summed E-state index contributed by atoms with van der Waals surface area (Å²) >= 11 is 0. The number of carbonyl (C=O) groups excluding carboxylic acids is 1. The lowest BCUT2D eigenvalue weighted by molar-refractivity contribution is -0.143. The predicted octanol–water partition coefficient (Wildman–Crippen LogP) is 5.53. The largest absolute Gasteiger partial charge is 0.489 e.